The summed E-state index contributed by atoms with van der Waals surface area (Å²) in [5, 5.41) is 18.5. The number of nitrogens with zero attached hydrogens (tertiary/aromatic N) is 6. The molecule has 1 aliphatic heterocycles. The molecular weight excluding hydrogens is 457 g/mol. The Balaban J connectivity index is 1.49. The maximum absolute atomic E-state index is 13.2. The highest BCUT2D eigenvalue weighted by atomic mass is 35.5. The highest BCUT2D eigenvalue weighted by molar-refractivity contribution is 6.31. The molecule has 0 N–H and O–H groups in total. The van der Waals surface area contributed by atoms with Crippen LogP contribution in [0.3, 0.4) is 0 Å². The summed E-state index contributed by atoms with van der Waals surface area (Å²) in [7, 11) is 0. The summed E-state index contributed by atoms with van der Waals surface area (Å²) < 4.78 is 48.9. The molecule has 0 saturated heterocycles. The molecule has 7 nitrogen and oxygen atoms in total. The second-order valence-electron chi connectivity index (χ2n) is 7.36. The van der Waals surface area contributed by atoms with Crippen LogP contribution in [0, 0.1) is 11.3 Å². The zero-order valence-electron chi connectivity index (χ0n) is 16.8. The highest BCUT2D eigenvalue weighted by Crippen LogP contribution is 2.35. The molecule has 166 valence electrons. The second-order valence-corrected chi connectivity index (χ2v) is 7.79. The third-order valence-electron chi connectivity index (χ3n) is 5.38. The van der Waals surface area contributed by atoms with E-state index >= 15 is 0 Å². The largest absolute Gasteiger partial charge is 0.416 e. The van der Waals surface area contributed by atoms with Crippen molar-refractivity contribution < 1.29 is 17.9 Å². The number of rotatable bonds is 4. The molecule has 33 heavy (non-hydrogen) atoms. The van der Waals surface area contributed by atoms with Crippen LogP contribution in [0.15, 0.2) is 48.8 Å². The van der Waals surface area contributed by atoms with Crippen molar-refractivity contribution in [3.63, 3.8) is 0 Å². The topological polar surface area (TPSA) is 81.5 Å². The van der Waals surface area contributed by atoms with Gasteiger partial charge < -0.3 is 9.30 Å². The van der Waals surface area contributed by atoms with Crippen LogP contribution in [0.5, 0.6) is 0 Å². The standard InChI is InChI=1S/C22H14ClF3N6O/c23-14-5-6-18-15(7-14)21-30-29-20(31(21)9-19-17(8-27)28-12-32(18)19)11-33-10-13-3-1-2-4-16(13)22(24,25)26/h1-7,12H,9-11H2. The molecule has 0 fully saturated rings. The Kier molecular flexibility index (Phi) is 5.15. The number of hydrogen-bond donors (Lipinski definition) is 0. The van der Waals surface area contributed by atoms with Crippen molar-refractivity contribution in [1.82, 2.24) is 24.3 Å². The van der Waals surface area contributed by atoms with Crippen molar-refractivity contribution in [1.29, 1.82) is 5.26 Å². The quantitative estimate of drug-likeness (QED) is 0.378. The zero-order chi connectivity index (χ0) is 23.2. The Morgan fingerprint density at radius 1 is 1.12 bits per heavy atom. The van der Waals surface area contributed by atoms with E-state index in [1.165, 1.54) is 18.2 Å². The molecule has 0 unspecified atom stereocenters. The summed E-state index contributed by atoms with van der Waals surface area (Å²) in [5.74, 6) is 0.910. The molecule has 0 amide bonds. The van der Waals surface area contributed by atoms with E-state index in [2.05, 4.69) is 21.3 Å². The van der Waals surface area contributed by atoms with E-state index in [9.17, 15) is 18.4 Å². The third kappa shape index (κ3) is 3.75. The molecule has 0 saturated carbocycles. The predicted octanol–water partition coefficient (Wildman–Crippen LogP) is 4.75. The fraction of sp³-hybridized carbons (Fsp3) is 0.182. The average molecular weight is 471 g/mol. The van der Waals surface area contributed by atoms with E-state index in [-0.39, 0.29) is 31.0 Å². The molecule has 4 aromatic rings. The molecule has 0 radical (unpaired) electrons. The van der Waals surface area contributed by atoms with Crippen molar-refractivity contribution in [2.45, 2.75) is 25.9 Å². The fourth-order valence-electron chi connectivity index (χ4n) is 3.86. The Morgan fingerprint density at radius 2 is 1.94 bits per heavy atom. The van der Waals surface area contributed by atoms with Crippen LogP contribution in [0.1, 0.15) is 28.3 Å². The first-order valence-electron chi connectivity index (χ1n) is 9.78. The summed E-state index contributed by atoms with van der Waals surface area (Å²) in [5.41, 5.74) is 1.59. The van der Waals surface area contributed by atoms with E-state index < -0.39 is 11.7 Å². The van der Waals surface area contributed by atoms with Gasteiger partial charge in [0.25, 0.3) is 0 Å². The lowest BCUT2D eigenvalue weighted by atomic mass is 10.1. The summed E-state index contributed by atoms with van der Waals surface area (Å²) in [6.07, 6.45) is -2.91. The Hall–Kier alpha value is -3.68. The van der Waals surface area contributed by atoms with E-state index in [1.807, 2.05) is 0 Å². The van der Waals surface area contributed by atoms with Gasteiger partial charge in [-0.2, -0.15) is 18.4 Å². The van der Waals surface area contributed by atoms with Gasteiger partial charge in [-0.25, -0.2) is 4.98 Å². The molecule has 5 rings (SSSR count). The van der Waals surface area contributed by atoms with Crippen LogP contribution in [-0.2, 0) is 30.7 Å². The SMILES string of the molecule is N#Cc1ncn2c1Cn1c(COCc3ccccc3C(F)(F)F)nnc1-c1cc(Cl)ccc1-2. The van der Waals surface area contributed by atoms with Gasteiger partial charge in [0.05, 0.1) is 30.1 Å². The normalized spacial score (nSPS) is 12.5. The lowest BCUT2D eigenvalue weighted by molar-refractivity contribution is -0.139. The first-order chi connectivity index (χ1) is 15.9. The van der Waals surface area contributed by atoms with Crippen LogP contribution >= 0.6 is 11.6 Å². The van der Waals surface area contributed by atoms with Gasteiger partial charge in [0.2, 0.25) is 0 Å². The average Bonchev–Trinajstić information content (AvgIpc) is 3.34. The van der Waals surface area contributed by atoms with Crippen molar-refractivity contribution in [2.75, 3.05) is 0 Å². The van der Waals surface area contributed by atoms with Crippen molar-refractivity contribution >= 4 is 11.6 Å². The van der Waals surface area contributed by atoms with Gasteiger partial charge in [-0.05, 0) is 29.8 Å². The van der Waals surface area contributed by atoms with E-state index in [4.69, 9.17) is 16.3 Å². The van der Waals surface area contributed by atoms with Crippen molar-refractivity contribution in [3.8, 4) is 23.1 Å². The number of fused-ring (bicyclic) bond motifs is 5. The monoisotopic (exact) mass is 470 g/mol. The molecule has 2 aromatic heterocycles. The third-order valence-corrected chi connectivity index (χ3v) is 5.61. The number of ether oxygens (including phenoxy) is 1. The lowest BCUT2D eigenvalue weighted by Gasteiger charge is -2.13. The number of nitriles is 1. The number of imidazole rings is 1. The summed E-state index contributed by atoms with van der Waals surface area (Å²) in [6, 6.07) is 12.6. The molecule has 0 spiro atoms. The Morgan fingerprint density at radius 3 is 2.73 bits per heavy atom. The number of benzene rings is 2. The predicted molar refractivity (Wildman–Crippen MR) is 111 cm³/mol. The van der Waals surface area contributed by atoms with Crippen LogP contribution in [0.4, 0.5) is 13.2 Å². The number of hydrogen-bond acceptors (Lipinski definition) is 5. The van der Waals surface area contributed by atoms with Crippen molar-refractivity contribution in [2.24, 2.45) is 0 Å². The van der Waals surface area contributed by atoms with Crippen molar-refractivity contribution in [3.05, 3.63) is 82.2 Å². The van der Waals surface area contributed by atoms with Gasteiger partial charge >= 0.3 is 6.18 Å². The van der Waals surface area contributed by atoms with Crippen LogP contribution in [0.25, 0.3) is 17.1 Å². The minimum Gasteiger partial charge on any atom is -0.369 e. The zero-order valence-corrected chi connectivity index (χ0v) is 17.6. The van der Waals surface area contributed by atoms with Gasteiger partial charge in [0, 0.05) is 10.6 Å². The van der Waals surface area contributed by atoms with E-state index in [1.54, 1.807) is 33.7 Å². The molecule has 3 heterocycles. The summed E-state index contributed by atoms with van der Waals surface area (Å²) in [6.45, 7) is -0.0951. The maximum atomic E-state index is 13.2. The van der Waals surface area contributed by atoms with Gasteiger partial charge in [-0.15, -0.1) is 10.2 Å². The van der Waals surface area contributed by atoms with Crippen LogP contribution in [-0.4, -0.2) is 24.3 Å². The molecule has 0 atom stereocenters. The summed E-state index contributed by atoms with van der Waals surface area (Å²) in [4.78, 5) is 4.18. The highest BCUT2D eigenvalue weighted by Gasteiger charge is 2.33. The van der Waals surface area contributed by atoms with E-state index in [0.29, 0.717) is 27.9 Å². The first-order valence-corrected chi connectivity index (χ1v) is 10.2. The number of alkyl halides is 3. The van der Waals surface area contributed by atoms with Gasteiger partial charge in [0.15, 0.2) is 17.3 Å². The molecule has 0 bridgehead atoms. The second kappa shape index (κ2) is 8.03. The molecule has 0 aliphatic carbocycles. The molecular formula is C22H14ClF3N6O. The number of aromatic nitrogens is 5. The minimum atomic E-state index is -4.47. The van der Waals surface area contributed by atoms with Crippen LogP contribution in [0.2, 0.25) is 5.02 Å². The smallest absolute Gasteiger partial charge is 0.369 e. The van der Waals surface area contributed by atoms with Gasteiger partial charge in [0.1, 0.15) is 19.0 Å². The number of halogens is 4. The Bertz CT molecular complexity index is 1400. The maximum Gasteiger partial charge on any atom is 0.416 e. The first kappa shape index (κ1) is 21.2. The minimum absolute atomic E-state index is 0.0302. The van der Waals surface area contributed by atoms with Crippen LogP contribution < -0.4 is 0 Å². The summed E-state index contributed by atoms with van der Waals surface area (Å²) >= 11 is 6.21. The van der Waals surface area contributed by atoms with Gasteiger partial charge in [-0.1, -0.05) is 29.8 Å². The fourth-order valence-corrected chi connectivity index (χ4v) is 4.03. The molecule has 2 aromatic carbocycles. The lowest BCUT2D eigenvalue weighted by Crippen LogP contribution is -2.12. The van der Waals surface area contributed by atoms with Gasteiger partial charge in [-0.3, -0.25) is 4.57 Å². The molecule has 11 heteroatoms. The Labute approximate surface area is 190 Å². The van der Waals surface area contributed by atoms with E-state index in [0.717, 1.165) is 11.8 Å². The molecule has 1 aliphatic rings.